The summed E-state index contributed by atoms with van der Waals surface area (Å²) in [5, 5.41) is 11.6. The summed E-state index contributed by atoms with van der Waals surface area (Å²) in [5.74, 6) is -0.692. The standard InChI is InChI=1S/C14H10N4O2S/c15-7-9-6-10(12(19)18-14(16)20)8-17-13(9)21-11-4-2-1-3-5-11/h1-6,8H,(H3,16,18,19,20). The lowest BCUT2D eigenvalue weighted by Crippen LogP contribution is -2.35. The fourth-order valence-corrected chi connectivity index (χ4v) is 2.36. The molecule has 6 nitrogen and oxygen atoms in total. The number of aromatic nitrogens is 1. The van der Waals surface area contributed by atoms with Crippen LogP contribution in [0.25, 0.3) is 0 Å². The Morgan fingerprint density at radius 3 is 2.62 bits per heavy atom. The van der Waals surface area contributed by atoms with E-state index in [0.29, 0.717) is 5.03 Å². The molecule has 0 bridgehead atoms. The molecule has 104 valence electrons. The van der Waals surface area contributed by atoms with Crippen LogP contribution in [0.3, 0.4) is 0 Å². The largest absolute Gasteiger partial charge is 0.351 e. The van der Waals surface area contributed by atoms with Gasteiger partial charge in [-0.05, 0) is 18.2 Å². The smallest absolute Gasteiger partial charge is 0.319 e. The van der Waals surface area contributed by atoms with E-state index < -0.39 is 11.9 Å². The van der Waals surface area contributed by atoms with Crippen LogP contribution in [0.2, 0.25) is 0 Å². The Labute approximate surface area is 125 Å². The Morgan fingerprint density at radius 2 is 2.00 bits per heavy atom. The minimum Gasteiger partial charge on any atom is -0.351 e. The molecule has 2 aromatic rings. The van der Waals surface area contributed by atoms with Crippen LogP contribution in [0.4, 0.5) is 4.79 Å². The van der Waals surface area contributed by atoms with Crippen molar-refractivity contribution in [3.05, 3.63) is 53.7 Å². The summed E-state index contributed by atoms with van der Waals surface area (Å²) < 4.78 is 0. The van der Waals surface area contributed by atoms with E-state index in [1.165, 1.54) is 24.0 Å². The van der Waals surface area contributed by atoms with E-state index in [1.807, 2.05) is 41.7 Å². The second-order valence-electron chi connectivity index (χ2n) is 3.92. The van der Waals surface area contributed by atoms with E-state index in [4.69, 9.17) is 11.0 Å². The number of benzene rings is 1. The molecule has 0 saturated carbocycles. The molecule has 0 aliphatic rings. The molecule has 1 heterocycles. The summed E-state index contributed by atoms with van der Waals surface area (Å²) in [6, 6.07) is 11.8. The summed E-state index contributed by atoms with van der Waals surface area (Å²) in [4.78, 5) is 27.3. The zero-order valence-electron chi connectivity index (χ0n) is 10.7. The highest BCUT2D eigenvalue weighted by atomic mass is 32.2. The van der Waals surface area contributed by atoms with Gasteiger partial charge in [0, 0.05) is 11.1 Å². The van der Waals surface area contributed by atoms with Crippen LogP contribution in [-0.4, -0.2) is 16.9 Å². The highest BCUT2D eigenvalue weighted by Gasteiger charge is 2.13. The quantitative estimate of drug-likeness (QED) is 0.899. The second kappa shape index (κ2) is 6.54. The van der Waals surface area contributed by atoms with Crippen molar-refractivity contribution in [2.75, 3.05) is 0 Å². The molecule has 0 atom stereocenters. The van der Waals surface area contributed by atoms with E-state index in [9.17, 15) is 9.59 Å². The van der Waals surface area contributed by atoms with Gasteiger partial charge in [-0.3, -0.25) is 10.1 Å². The first-order chi connectivity index (χ1) is 10.1. The lowest BCUT2D eigenvalue weighted by Gasteiger charge is -2.05. The predicted octanol–water partition coefficient (Wildman–Crippen LogP) is 1.91. The van der Waals surface area contributed by atoms with E-state index in [1.54, 1.807) is 0 Å². The van der Waals surface area contributed by atoms with Gasteiger partial charge in [-0.15, -0.1) is 0 Å². The number of hydrogen-bond acceptors (Lipinski definition) is 5. The highest BCUT2D eigenvalue weighted by molar-refractivity contribution is 7.99. The SMILES string of the molecule is N#Cc1cc(C(=O)NC(N)=O)cnc1Sc1ccccc1. The third-order valence-corrected chi connectivity index (χ3v) is 3.45. The molecule has 0 saturated heterocycles. The molecule has 0 spiro atoms. The minimum atomic E-state index is -0.957. The van der Waals surface area contributed by atoms with Crippen molar-refractivity contribution in [2.45, 2.75) is 9.92 Å². The van der Waals surface area contributed by atoms with Crippen molar-refractivity contribution >= 4 is 23.7 Å². The third kappa shape index (κ3) is 3.81. The van der Waals surface area contributed by atoms with E-state index in [2.05, 4.69) is 4.98 Å². The van der Waals surface area contributed by atoms with Gasteiger partial charge >= 0.3 is 6.03 Å². The number of amides is 3. The fraction of sp³-hybridized carbons (Fsp3) is 0. The number of carbonyl (C=O) groups is 2. The van der Waals surface area contributed by atoms with Crippen LogP contribution in [0.1, 0.15) is 15.9 Å². The van der Waals surface area contributed by atoms with Crippen molar-refractivity contribution in [3.8, 4) is 6.07 Å². The summed E-state index contributed by atoms with van der Waals surface area (Å²) in [7, 11) is 0. The molecule has 1 aromatic carbocycles. The molecule has 21 heavy (non-hydrogen) atoms. The van der Waals surface area contributed by atoms with Gasteiger partial charge in [0.05, 0.1) is 11.1 Å². The molecule has 1 aromatic heterocycles. The number of nitrogens with two attached hydrogens (primary N) is 1. The average Bonchev–Trinajstić information content (AvgIpc) is 2.48. The molecule has 0 unspecified atom stereocenters. The maximum absolute atomic E-state index is 11.6. The van der Waals surface area contributed by atoms with Gasteiger partial charge in [-0.2, -0.15) is 5.26 Å². The van der Waals surface area contributed by atoms with E-state index in [-0.39, 0.29) is 11.1 Å². The Kier molecular flexibility index (Phi) is 4.53. The first-order valence-corrected chi connectivity index (χ1v) is 6.65. The molecule has 7 heteroatoms. The van der Waals surface area contributed by atoms with Gasteiger partial charge in [0.25, 0.3) is 5.91 Å². The molecular formula is C14H10N4O2S. The molecular weight excluding hydrogens is 288 g/mol. The number of carbonyl (C=O) groups excluding carboxylic acids is 2. The zero-order valence-corrected chi connectivity index (χ0v) is 11.6. The van der Waals surface area contributed by atoms with Crippen molar-refractivity contribution in [1.82, 2.24) is 10.3 Å². The van der Waals surface area contributed by atoms with Gasteiger partial charge in [-0.1, -0.05) is 30.0 Å². The maximum atomic E-state index is 11.6. The first kappa shape index (κ1) is 14.6. The van der Waals surface area contributed by atoms with Crippen molar-refractivity contribution in [1.29, 1.82) is 5.26 Å². The van der Waals surface area contributed by atoms with Gasteiger partial charge in [0.2, 0.25) is 0 Å². The lowest BCUT2D eigenvalue weighted by molar-refractivity contribution is 0.0965. The number of nitrogens with one attached hydrogen (secondary N) is 1. The van der Waals surface area contributed by atoms with Crippen molar-refractivity contribution in [3.63, 3.8) is 0 Å². The van der Waals surface area contributed by atoms with Crippen LogP contribution in [-0.2, 0) is 0 Å². The number of imide groups is 1. The number of primary amides is 1. The van der Waals surface area contributed by atoms with E-state index in [0.717, 1.165) is 4.90 Å². The first-order valence-electron chi connectivity index (χ1n) is 5.84. The van der Waals surface area contributed by atoms with Crippen LogP contribution < -0.4 is 11.1 Å². The van der Waals surface area contributed by atoms with Crippen LogP contribution in [0.15, 0.2) is 52.5 Å². The molecule has 0 aliphatic carbocycles. The molecule has 0 fully saturated rings. The van der Waals surface area contributed by atoms with Gasteiger partial charge in [0.1, 0.15) is 11.1 Å². The number of rotatable bonds is 3. The molecule has 3 amide bonds. The normalized spacial score (nSPS) is 9.67. The Morgan fingerprint density at radius 1 is 1.29 bits per heavy atom. The molecule has 2 rings (SSSR count). The second-order valence-corrected chi connectivity index (χ2v) is 4.98. The monoisotopic (exact) mass is 298 g/mol. The van der Waals surface area contributed by atoms with Gasteiger partial charge in [0.15, 0.2) is 0 Å². The van der Waals surface area contributed by atoms with Gasteiger partial charge < -0.3 is 5.73 Å². The third-order valence-electron chi connectivity index (χ3n) is 2.43. The number of pyridine rings is 1. The Hall–Kier alpha value is -2.85. The summed E-state index contributed by atoms with van der Waals surface area (Å²) in [5.41, 5.74) is 5.22. The fourth-order valence-electron chi connectivity index (χ4n) is 1.52. The summed E-state index contributed by atoms with van der Waals surface area (Å²) in [6.07, 6.45) is 1.30. The number of urea groups is 1. The predicted molar refractivity (Wildman–Crippen MR) is 76.6 cm³/mol. The van der Waals surface area contributed by atoms with E-state index >= 15 is 0 Å². The zero-order chi connectivity index (χ0) is 15.2. The number of hydrogen-bond donors (Lipinski definition) is 2. The van der Waals surface area contributed by atoms with Crippen LogP contribution in [0, 0.1) is 11.3 Å². The Balaban J connectivity index is 2.27. The average molecular weight is 298 g/mol. The highest BCUT2D eigenvalue weighted by Crippen LogP contribution is 2.28. The maximum Gasteiger partial charge on any atom is 0.319 e. The van der Waals surface area contributed by atoms with Crippen molar-refractivity contribution < 1.29 is 9.59 Å². The van der Waals surface area contributed by atoms with Crippen LogP contribution >= 0.6 is 11.8 Å². The number of nitrogens with zero attached hydrogens (tertiary/aromatic N) is 2. The summed E-state index contributed by atoms with van der Waals surface area (Å²) in [6.45, 7) is 0. The van der Waals surface area contributed by atoms with Crippen molar-refractivity contribution in [2.24, 2.45) is 5.73 Å². The Bertz CT molecular complexity index is 725. The molecule has 3 N–H and O–H groups in total. The van der Waals surface area contributed by atoms with Gasteiger partial charge in [-0.25, -0.2) is 9.78 Å². The summed E-state index contributed by atoms with van der Waals surface area (Å²) >= 11 is 1.32. The number of nitriles is 1. The molecule has 0 aliphatic heterocycles. The van der Waals surface area contributed by atoms with Crippen LogP contribution in [0.5, 0.6) is 0 Å². The minimum absolute atomic E-state index is 0.0998. The molecule has 0 radical (unpaired) electrons. The topological polar surface area (TPSA) is 109 Å². The lowest BCUT2D eigenvalue weighted by atomic mass is 10.2.